The first-order valence-electron chi connectivity index (χ1n) is 10.9. The van der Waals surface area contributed by atoms with Crippen LogP contribution in [0.1, 0.15) is 42.4 Å². The van der Waals surface area contributed by atoms with Crippen molar-refractivity contribution in [1.29, 1.82) is 0 Å². The molecule has 0 bridgehead atoms. The van der Waals surface area contributed by atoms with Crippen LogP contribution >= 0.6 is 0 Å². The number of aryl methyl sites for hydroxylation is 1. The number of carbonyl (C=O) groups is 2. The van der Waals surface area contributed by atoms with Crippen LogP contribution in [0.2, 0.25) is 0 Å². The Morgan fingerprint density at radius 1 is 1.10 bits per heavy atom. The molecule has 4 rings (SSSR count). The van der Waals surface area contributed by atoms with Gasteiger partial charge in [-0.15, -0.1) is 0 Å². The molecule has 2 aromatic carbocycles. The predicted octanol–water partition coefficient (Wildman–Crippen LogP) is 4.43. The summed E-state index contributed by atoms with van der Waals surface area (Å²) in [7, 11) is 0. The molecule has 2 heterocycles. The number of carbonyl (C=O) groups excluding carboxylic acids is 2. The third-order valence-electron chi connectivity index (χ3n) is 5.78. The Morgan fingerprint density at radius 3 is 2.58 bits per heavy atom. The van der Waals surface area contributed by atoms with Crippen LogP contribution in [0.15, 0.2) is 60.7 Å². The van der Waals surface area contributed by atoms with Crippen molar-refractivity contribution < 1.29 is 9.59 Å². The topological polar surface area (TPSA) is 69.3 Å². The molecule has 3 aromatic rings. The van der Waals surface area contributed by atoms with Crippen LogP contribution in [0.3, 0.4) is 0 Å². The number of rotatable bonds is 6. The van der Waals surface area contributed by atoms with E-state index in [0.29, 0.717) is 12.2 Å². The van der Waals surface area contributed by atoms with E-state index in [1.165, 1.54) is 0 Å². The van der Waals surface area contributed by atoms with Crippen molar-refractivity contribution in [3.05, 3.63) is 72.1 Å². The van der Waals surface area contributed by atoms with Crippen molar-refractivity contribution >= 4 is 17.5 Å². The molecule has 1 aromatic heterocycles. The molecule has 6 heteroatoms. The summed E-state index contributed by atoms with van der Waals surface area (Å²) in [6, 6.07) is 19.9. The minimum Gasteiger partial charge on any atom is -0.323 e. The third-order valence-corrected chi connectivity index (χ3v) is 5.78. The highest BCUT2D eigenvalue weighted by atomic mass is 16.2. The molecule has 1 aliphatic rings. The molecule has 0 spiro atoms. The second-order valence-corrected chi connectivity index (χ2v) is 8.09. The van der Waals surface area contributed by atoms with Gasteiger partial charge >= 0.3 is 0 Å². The summed E-state index contributed by atoms with van der Waals surface area (Å²) < 4.78 is 0. The molecule has 1 fully saturated rings. The largest absolute Gasteiger partial charge is 0.323 e. The van der Waals surface area contributed by atoms with E-state index in [1.54, 1.807) is 11.0 Å². The van der Waals surface area contributed by atoms with Crippen LogP contribution in [0.4, 0.5) is 5.69 Å². The van der Waals surface area contributed by atoms with Crippen LogP contribution in [-0.4, -0.2) is 46.0 Å². The minimum atomic E-state index is -0.184. The molecule has 1 unspecified atom stereocenters. The van der Waals surface area contributed by atoms with Crippen LogP contribution in [0.25, 0.3) is 11.1 Å². The lowest BCUT2D eigenvalue weighted by molar-refractivity contribution is -0.121. The quantitative estimate of drug-likeness (QED) is 0.646. The smallest absolute Gasteiger partial charge is 0.275 e. The molecule has 0 aliphatic carbocycles. The summed E-state index contributed by atoms with van der Waals surface area (Å²) in [5.41, 5.74) is 4.25. The molecule has 1 atom stereocenters. The average Bonchev–Trinajstić information content (AvgIpc) is 3.24. The summed E-state index contributed by atoms with van der Waals surface area (Å²) in [5.74, 6) is -0.255. The molecule has 1 saturated heterocycles. The Balaban J connectivity index is 1.60. The van der Waals surface area contributed by atoms with Gasteiger partial charge in [0.1, 0.15) is 12.2 Å². The molecule has 0 saturated carbocycles. The van der Waals surface area contributed by atoms with Gasteiger partial charge in [0.15, 0.2) is 0 Å². The Bertz CT molecular complexity index is 1060. The van der Waals surface area contributed by atoms with E-state index in [2.05, 4.69) is 41.4 Å². The van der Waals surface area contributed by atoms with Crippen molar-refractivity contribution in [3.63, 3.8) is 0 Å². The third kappa shape index (κ3) is 4.53. The van der Waals surface area contributed by atoms with Gasteiger partial charge in [-0.05, 0) is 42.7 Å². The number of hydrogen-bond donors (Lipinski definition) is 1. The van der Waals surface area contributed by atoms with E-state index < -0.39 is 0 Å². The van der Waals surface area contributed by atoms with E-state index in [1.807, 2.05) is 42.2 Å². The van der Waals surface area contributed by atoms with E-state index in [-0.39, 0.29) is 24.4 Å². The van der Waals surface area contributed by atoms with Gasteiger partial charge in [0.2, 0.25) is 5.91 Å². The molecule has 1 aliphatic heterocycles. The highest BCUT2D eigenvalue weighted by molar-refractivity contribution is 6.01. The number of unbranched alkanes of at least 4 members (excludes halogenated alkanes) is 1. The highest BCUT2D eigenvalue weighted by Gasteiger charge is 2.36. The van der Waals surface area contributed by atoms with E-state index in [9.17, 15) is 9.59 Å². The highest BCUT2D eigenvalue weighted by Crippen LogP contribution is 2.28. The van der Waals surface area contributed by atoms with Crippen molar-refractivity contribution in [2.24, 2.45) is 0 Å². The second-order valence-electron chi connectivity index (χ2n) is 8.09. The van der Waals surface area contributed by atoms with Crippen molar-refractivity contribution in [2.75, 3.05) is 18.0 Å². The number of anilines is 1. The first-order chi connectivity index (χ1) is 15.1. The number of benzene rings is 2. The van der Waals surface area contributed by atoms with E-state index >= 15 is 0 Å². The van der Waals surface area contributed by atoms with Gasteiger partial charge in [-0.2, -0.15) is 5.10 Å². The number of H-pyrrole nitrogens is 1. The fraction of sp³-hybridized carbons (Fsp3) is 0.320. The lowest BCUT2D eigenvalue weighted by atomic mass is 10.0. The van der Waals surface area contributed by atoms with Gasteiger partial charge in [-0.1, -0.05) is 62.2 Å². The molecule has 6 nitrogen and oxygen atoms in total. The van der Waals surface area contributed by atoms with E-state index in [4.69, 9.17) is 0 Å². The number of aromatic nitrogens is 2. The molecule has 31 heavy (non-hydrogen) atoms. The molecule has 2 amide bonds. The number of piperazine rings is 1. The van der Waals surface area contributed by atoms with Gasteiger partial charge in [-0.25, -0.2) is 0 Å². The zero-order chi connectivity index (χ0) is 21.8. The zero-order valence-corrected chi connectivity index (χ0v) is 18.0. The van der Waals surface area contributed by atoms with E-state index in [0.717, 1.165) is 41.8 Å². The fourth-order valence-electron chi connectivity index (χ4n) is 4.10. The zero-order valence-electron chi connectivity index (χ0n) is 18.0. The molecule has 1 N–H and O–H groups in total. The second kappa shape index (κ2) is 9.16. The van der Waals surface area contributed by atoms with Crippen molar-refractivity contribution in [1.82, 2.24) is 15.1 Å². The summed E-state index contributed by atoms with van der Waals surface area (Å²) >= 11 is 0. The van der Waals surface area contributed by atoms with Crippen LogP contribution < -0.4 is 4.90 Å². The first kappa shape index (κ1) is 20.8. The number of nitrogens with one attached hydrogen (secondary N) is 1. The lowest BCUT2D eigenvalue weighted by Crippen LogP contribution is -2.58. The summed E-state index contributed by atoms with van der Waals surface area (Å²) in [4.78, 5) is 29.7. The summed E-state index contributed by atoms with van der Waals surface area (Å²) in [6.07, 6.45) is 2.89. The summed E-state index contributed by atoms with van der Waals surface area (Å²) in [5, 5.41) is 6.93. The Kier molecular flexibility index (Phi) is 6.16. The molecule has 160 valence electrons. The Morgan fingerprint density at radius 2 is 1.87 bits per heavy atom. The van der Waals surface area contributed by atoms with Crippen LogP contribution in [0.5, 0.6) is 0 Å². The standard InChI is InChI=1S/C25H28N4O2/c1-3-4-12-22-16-28(21-13-8-11-20(15-21)19-9-6-5-7-10-19)24(30)17-29(22)25(31)23-14-18(2)26-27-23/h5-11,13-15,22H,3-4,12,16-17H2,1-2H3,(H,26,27). The number of aromatic amines is 1. The predicted molar refractivity (Wildman–Crippen MR) is 122 cm³/mol. The van der Waals surface area contributed by atoms with Gasteiger partial charge in [0.25, 0.3) is 5.91 Å². The normalized spacial score (nSPS) is 16.6. The van der Waals surface area contributed by atoms with Gasteiger partial charge in [-0.3, -0.25) is 14.7 Å². The lowest BCUT2D eigenvalue weighted by Gasteiger charge is -2.41. The van der Waals surface area contributed by atoms with Crippen molar-refractivity contribution in [2.45, 2.75) is 39.2 Å². The summed E-state index contributed by atoms with van der Waals surface area (Å²) in [6.45, 7) is 4.56. The minimum absolute atomic E-state index is 0.0393. The van der Waals surface area contributed by atoms with Crippen molar-refractivity contribution in [3.8, 4) is 11.1 Å². The molecule has 0 radical (unpaired) electrons. The number of hydrogen-bond acceptors (Lipinski definition) is 3. The van der Waals surface area contributed by atoms with Gasteiger partial charge in [0, 0.05) is 17.9 Å². The first-order valence-corrected chi connectivity index (χ1v) is 10.9. The SMILES string of the molecule is CCCCC1CN(c2cccc(-c3ccccc3)c2)C(=O)CN1C(=O)c1cc(C)[nH]n1. The van der Waals surface area contributed by atoms with Gasteiger partial charge < -0.3 is 9.80 Å². The Hall–Kier alpha value is -3.41. The molecular weight excluding hydrogens is 388 g/mol. The molecular formula is C25H28N4O2. The van der Waals surface area contributed by atoms with Gasteiger partial charge in [0.05, 0.1) is 6.04 Å². The van der Waals surface area contributed by atoms with Crippen LogP contribution in [0, 0.1) is 6.92 Å². The van der Waals surface area contributed by atoms with Crippen LogP contribution in [-0.2, 0) is 4.79 Å². The number of nitrogens with zero attached hydrogens (tertiary/aromatic N) is 3. The maximum Gasteiger partial charge on any atom is 0.275 e. The maximum atomic E-state index is 13.1. The average molecular weight is 417 g/mol. The number of amides is 2. The monoisotopic (exact) mass is 416 g/mol. The Labute approximate surface area is 182 Å². The maximum absolute atomic E-state index is 13.1. The fourth-order valence-corrected chi connectivity index (χ4v) is 4.10.